The second-order valence-corrected chi connectivity index (χ2v) is 12.0. The van der Waals surface area contributed by atoms with Gasteiger partial charge in [0.15, 0.2) is 12.1 Å². The van der Waals surface area contributed by atoms with E-state index in [0.29, 0.717) is 24.0 Å². The van der Waals surface area contributed by atoms with E-state index in [-0.39, 0.29) is 6.29 Å². The fourth-order valence-electron chi connectivity index (χ4n) is 4.36. The average Bonchev–Trinajstić information content (AvgIpc) is 2.83. The van der Waals surface area contributed by atoms with Crippen LogP contribution < -0.4 is 0 Å². The number of carbonyl (C=O) groups is 1. The summed E-state index contributed by atoms with van der Waals surface area (Å²) in [6.45, 7) is 27.0. The van der Waals surface area contributed by atoms with E-state index in [1.807, 2.05) is 20.8 Å². The van der Waals surface area contributed by atoms with Crippen LogP contribution in [0.3, 0.4) is 0 Å². The summed E-state index contributed by atoms with van der Waals surface area (Å²) in [4.78, 5) is 13.2. The Kier molecular flexibility index (Phi) is 26.0. The highest BCUT2D eigenvalue weighted by Crippen LogP contribution is 2.25. The zero-order valence-electron chi connectivity index (χ0n) is 28.2. The van der Waals surface area contributed by atoms with Crippen LogP contribution >= 0.6 is 0 Å². The lowest BCUT2D eigenvalue weighted by Gasteiger charge is -2.16. The number of rotatable bonds is 20. The van der Waals surface area contributed by atoms with Crippen LogP contribution in [0, 0.1) is 11.8 Å². The highest BCUT2D eigenvalue weighted by Gasteiger charge is 2.16. The first-order valence-corrected chi connectivity index (χ1v) is 15.7. The molecule has 2 unspecified atom stereocenters. The standard InChI is InChI=1S/C30H52O.C6H14O2/c1-23(2)13-10-16-26(7)19-21-29(28(9)18-12-15-25(5)6)30(31)22-20-27(8)17-11-14-24(3)4;1-4-7-6(3)8-5-2/h13-15,26-27H,10-12,16-22H2,1-9H3;6H,4-5H2,1-3H3/b29-28+;. The maximum atomic E-state index is 13.2. The molecule has 2 atom stereocenters. The van der Waals surface area contributed by atoms with Gasteiger partial charge in [0.05, 0.1) is 0 Å². The Bertz CT molecular complexity index is 735. The molecule has 0 heterocycles. The number of hydrogen-bond donors (Lipinski definition) is 0. The van der Waals surface area contributed by atoms with Gasteiger partial charge in [0.2, 0.25) is 0 Å². The molecule has 0 aliphatic rings. The van der Waals surface area contributed by atoms with Crippen LogP contribution in [0.2, 0.25) is 0 Å². The second kappa shape index (κ2) is 25.5. The van der Waals surface area contributed by atoms with E-state index in [9.17, 15) is 4.79 Å². The lowest BCUT2D eigenvalue weighted by molar-refractivity contribution is -0.123. The molecule has 0 radical (unpaired) electrons. The SMILES string of the molecule is CC(C)=CCC/C(C)=C(\CCC(C)CCC=C(C)C)C(=O)CCC(C)CCC=C(C)C.CCOC(C)OCC. The first kappa shape index (κ1) is 39.7. The van der Waals surface area contributed by atoms with E-state index in [1.165, 1.54) is 35.1 Å². The fraction of sp³-hybridized carbons (Fsp3) is 0.750. The molecule has 0 saturated heterocycles. The molecule has 0 aromatic carbocycles. The molecule has 0 aliphatic carbocycles. The van der Waals surface area contributed by atoms with Gasteiger partial charge in [0, 0.05) is 19.6 Å². The zero-order valence-corrected chi connectivity index (χ0v) is 28.2. The monoisotopic (exact) mass is 547 g/mol. The third-order valence-electron chi connectivity index (χ3n) is 6.90. The summed E-state index contributed by atoms with van der Waals surface area (Å²) in [5.74, 6) is 1.67. The maximum absolute atomic E-state index is 13.2. The Morgan fingerprint density at radius 1 is 0.590 bits per heavy atom. The van der Waals surface area contributed by atoms with Crippen LogP contribution in [-0.2, 0) is 14.3 Å². The summed E-state index contributed by atoms with van der Waals surface area (Å²) in [5.41, 5.74) is 6.60. The van der Waals surface area contributed by atoms with Crippen molar-refractivity contribution < 1.29 is 14.3 Å². The van der Waals surface area contributed by atoms with Gasteiger partial charge in [-0.25, -0.2) is 0 Å². The largest absolute Gasteiger partial charge is 0.353 e. The molecule has 0 aromatic rings. The summed E-state index contributed by atoms with van der Waals surface area (Å²) >= 11 is 0. The summed E-state index contributed by atoms with van der Waals surface area (Å²) in [5, 5.41) is 0. The predicted octanol–water partition coefficient (Wildman–Crippen LogP) is 11.3. The first-order valence-electron chi connectivity index (χ1n) is 15.7. The van der Waals surface area contributed by atoms with Gasteiger partial charge in [-0.05, 0) is 144 Å². The van der Waals surface area contributed by atoms with Crippen molar-refractivity contribution in [3.8, 4) is 0 Å². The van der Waals surface area contributed by atoms with Gasteiger partial charge in [-0.3, -0.25) is 4.79 Å². The quantitative estimate of drug-likeness (QED) is 0.0865. The van der Waals surface area contributed by atoms with Crippen molar-refractivity contribution >= 4 is 5.78 Å². The van der Waals surface area contributed by atoms with E-state index < -0.39 is 0 Å². The van der Waals surface area contributed by atoms with Gasteiger partial charge in [0.25, 0.3) is 0 Å². The maximum Gasteiger partial charge on any atom is 0.158 e. The number of ether oxygens (including phenoxy) is 2. The molecule has 3 nitrogen and oxygen atoms in total. The molecular weight excluding hydrogens is 480 g/mol. The molecule has 0 amide bonds. The molecule has 0 bridgehead atoms. The Morgan fingerprint density at radius 3 is 1.41 bits per heavy atom. The van der Waals surface area contributed by atoms with E-state index >= 15 is 0 Å². The molecule has 0 aliphatic heterocycles. The lowest BCUT2D eigenvalue weighted by atomic mass is 9.88. The predicted molar refractivity (Wildman–Crippen MR) is 173 cm³/mol. The van der Waals surface area contributed by atoms with Gasteiger partial charge in [-0.1, -0.05) is 54.4 Å². The molecule has 3 heteroatoms. The fourth-order valence-corrected chi connectivity index (χ4v) is 4.36. The molecule has 0 N–H and O–H groups in total. The van der Waals surface area contributed by atoms with Gasteiger partial charge >= 0.3 is 0 Å². The van der Waals surface area contributed by atoms with Crippen LogP contribution in [0.4, 0.5) is 0 Å². The summed E-state index contributed by atoms with van der Waals surface area (Å²) in [6, 6.07) is 0. The minimum absolute atomic E-state index is 0.0370. The molecule has 0 rings (SSSR count). The first-order chi connectivity index (χ1) is 18.3. The van der Waals surface area contributed by atoms with Crippen LogP contribution in [0.1, 0.15) is 147 Å². The normalized spacial score (nSPS) is 13.1. The van der Waals surface area contributed by atoms with Gasteiger partial charge < -0.3 is 9.47 Å². The highest BCUT2D eigenvalue weighted by atomic mass is 16.7. The van der Waals surface area contributed by atoms with Gasteiger partial charge in [-0.15, -0.1) is 0 Å². The van der Waals surface area contributed by atoms with Crippen LogP contribution in [0.5, 0.6) is 0 Å². The Balaban J connectivity index is 0. The number of allylic oxidation sites excluding steroid dienone is 8. The summed E-state index contributed by atoms with van der Waals surface area (Å²) < 4.78 is 10.1. The smallest absolute Gasteiger partial charge is 0.158 e. The Labute approximate surface area is 244 Å². The number of ketones is 1. The minimum atomic E-state index is -0.0370. The number of carbonyl (C=O) groups excluding carboxylic acids is 1. The molecular formula is C36H66O3. The molecule has 0 aromatic heterocycles. The van der Waals surface area contributed by atoms with Crippen molar-refractivity contribution in [2.75, 3.05) is 13.2 Å². The van der Waals surface area contributed by atoms with Crippen molar-refractivity contribution in [1.29, 1.82) is 0 Å². The molecule has 0 saturated carbocycles. The Hall–Kier alpha value is -1.45. The van der Waals surface area contributed by atoms with E-state index in [1.54, 1.807) is 0 Å². The lowest BCUT2D eigenvalue weighted by Crippen LogP contribution is -2.11. The second-order valence-electron chi connectivity index (χ2n) is 12.0. The van der Waals surface area contributed by atoms with Crippen molar-refractivity contribution in [3.63, 3.8) is 0 Å². The third-order valence-corrected chi connectivity index (χ3v) is 6.90. The van der Waals surface area contributed by atoms with Crippen molar-refractivity contribution in [1.82, 2.24) is 0 Å². The van der Waals surface area contributed by atoms with Gasteiger partial charge in [0.1, 0.15) is 0 Å². The van der Waals surface area contributed by atoms with Gasteiger partial charge in [-0.2, -0.15) is 0 Å². The highest BCUT2D eigenvalue weighted by molar-refractivity contribution is 5.96. The zero-order chi connectivity index (χ0) is 30.2. The average molecular weight is 547 g/mol. The van der Waals surface area contributed by atoms with Crippen molar-refractivity contribution in [2.45, 2.75) is 154 Å². The third kappa shape index (κ3) is 26.5. The topological polar surface area (TPSA) is 35.5 Å². The molecule has 39 heavy (non-hydrogen) atoms. The van der Waals surface area contributed by atoms with Crippen LogP contribution in [-0.4, -0.2) is 25.3 Å². The Morgan fingerprint density at radius 2 is 1.00 bits per heavy atom. The number of Topliss-reactive ketones (excluding diaryl/α,β-unsaturated/α-hetero) is 1. The summed E-state index contributed by atoms with van der Waals surface area (Å²) in [7, 11) is 0. The van der Waals surface area contributed by atoms with Crippen LogP contribution in [0.15, 0.2) is 46.1 Å². The van der Waals surface area contributed by atoms with E-state index in [4.69, 9.17) is 9.47 Å². The molecule has 0 fully saturated rings. The molecule has 228 valence electrons. The molecule has 0 spiro atoms. The number of hydrogen-bond acceptors (Lipinski definition) is 3. The summed E-state index contributed by atoms with van der Waals surface area (Å²) in [6.07, 6.45) is 17.4. The van der Waals surface area contributed by atoms with E-state index in [2.05, 4.69) is 80.5 Å². The van der Waals surface area contributed by atoms with Crippen LogP contribution in [0.25, 0.3) is 0 Å². The van der Waals surface area contributed by atoms with Crippen molar-refractivity contribution in [3.05, 3.63) is 46.1 Å². The minimum Gasteiger partial charge on any atom is -0.353 e. The van der Waals surface area contributed by atoms with Crippen molar-refractivity contribution in [2.24, 2.45) is 11.8 Å². The van der Waals surface area contributed by atoms with E-state index in [0.717, 1.165) is 63.7 Å².